The number of nitrogens with zero attached hydrogens (tertiary/aromatic N) is 3. The Morgan fingerprint density at radius 1 is 1.30 bits per heavy atom. The van der Waals surface area contributed by atoms with E-state index in [4.69, 9.17) is 16.0 Å². The first-order valence-electron chi connectivity index (χ1n) is 8.30. The van der Waals surface area contributed by atoms with Gasteiger partial charge in [-0.2, -0.15) is 0 Å². The predicted octanol–water partition coefficient (Wildman–Crippen LogP) is 3.49. The number of nitrogens with one attached hydrogen (secondary N) is 1. The molecule has 1 aliphatic heterocycles. The summed E-state index contributed by atoms with van der Waals surface area (Å²) in [6.45, 7) is 0.436. The second-order valence-electron chi connectivity index (χ2n) is 6.13. The van der Waals surface area contributed by atoms with Crippen molar-refractivity contribution in [3.8, 4) is 0 Å². The Bertz CT molecular complexity index is 955. The largest absolute Gasteiger partial charge is 0.407 e. The van der Waals surface area contributed by atoms with Gasteiger partial charge in [0.25, 0.3) is 0 Å². The first-order chi connectivity index (χ1) is 13.1. The number of anilines is 2. The van der Waals surface area contributed by atoms with E-state index in [2.05, 4.69) is 15.5 Å². The van der Waals surface area contributed by atoms with E-state index in [1.807, 2.05) is 17.5 Å². The molecule has 2 aromatic heterocycles. The van der Waals surface area contributed by atoms with Gasteiger partial charge in [0, 0.05) is 28.6 Å². The van der Waals surface area contributed by atoms with Crippen molar-refractivity contribution in [3.63, 3.8) is 0 Å². The Hall–Kier alpha value is -2.71. The molecular formula is C18H15ClN4O3S. The lowest BCUT2D eigenvalue weighted by Crippen LogP contribution is -2.24. The van der Waals surface area contributed by atoms with Crippen molar-refractivity contribution in [2.75, 3.05) is 16.8 Å². The van der Waals surface area contributed by atoms with Gasteiger partial charge in [-0.05, 0) is 35.7 Å². The fourth-order valence-corrected chi connectivity index (χ4v) is 3.76. The van der Waals surface area contributed by atoms with Crippen LogP contribution in [-0.2, 0) is 16.0 Å². The lowest BCUT2D eigenvalue weighted by atomic mass is 10.1. The highest BCUT2D eigenvalue weighted by atomic mass is 35.5. The summed E-state index contributed by atoms with van der Waals surface area (Å²) in [6.07, 6.45) is 0.523. The summed E-state index contributed by atoms with van der Waals surface area (Å²) >= 11 is 7.41. The third kappa shape index (κ3) is 4.01. The van der Waals surface area contributed by atoms with Gasteiger partial charge < -0.3 is 9.32 Å². The van der Waals surface area contributed by atoms with E-state index in [0.717, 1.165) is 10.6 Å². The third-order valence-corrected chi connectivity index (χ3v) is 5.34. The molecule has 9 heteroatoms. The van der Waals surface area contributed by atoms with Crippen LogP contribution in [0.25, 0.3) is 0 Å². The number of hydrogen-bond acceptors (Lipinski definition) is 6. The normalized spacial score (nSPS) is 16.7. The van der Waals surface area contributed by atoms with Gasteiger partial charge in [-0.15, -0.1) is 16.4 Å². The number of amides is 2. The quantitative estimate of drug-likeness (QED) is 0.705. The molecule has 7 nitrogen and oxygen atoms in total. The first kappa shape index (κ1) is 17.7. The Morgan fingerprint density at radius 3 is 2.85 bits per heavy atom. The molecule has 1 aliphatic rings. The van der Waals surface area contributed by atoms with Gasteiger partial charge in [-0.3, -0.25) is 14.9 Å². The van der Waals surface area contributed by atoms with E-state index in [9.17, 15) is 9.59 Å². The molecule has 3 heterocycles. The van der Waals surface area contributed by atoms with Gasteiger partial charge in [-0.1, -0.05) is 22.8 Å². The predicted molar refractivity (Wildman–Crippen MR) is 102 cm³/mol. The van der Waals surface area contributed by atoms with Crippen LogP contribution in [0, 0.1) is 0 Å². The molecule has 1 N–H and O–H groups in total. The average Bonchev–Trinajstić information content (AvgIpc) is 3.37. The van der Waals surface area contributed by atoms with Crippen molar-refractivity contribution in [2.45, 2.75) is 18.8 Å². The number of hydrogen-bond donors (Lipinski definition) is 1. The van der Waals surface area contributed by atoms with E-state index >= 15 is 0 Å². The van der Waals surface area contributed by atoms with Gasteiger partial charge in [0.15, 0.2) is 0 Å². The van der Waals surface area contributed by atoms with Crippen molar-refractivity contribution < 1.29 is 14.0 Å². The van der Waals surface area contributed by atoms with Crippen molar-refractivity contribution in [1.29, 1.82) is 0 Å². The molecule has 4 rings (SSSR count). The Kier molecular flexibility index (Phi) is 4.91. The average molecular weight is 403 g/mol. The van der Waals surface area contributed by atoms with Crippen LogP contribution < -0.4 is 10.2 Å². The zero-order valence-corrected chi connectivity index (χ0v) is 15.7. The van der Waals surface area contributed by atoms with Crippen molar-refractivity contribution >= 4 is 46.5 Å². The van der Waals surface area contributed by atoms with Crippen molar-refractivity contribution in [3.05, 3.63) is 57.6 Å². The van der Waals surface area contributed by atoms with Crippen LogP contribution in [0.3, 0.4) is 0 Å². The first-order valence-corrected chi connectivity index (χ1v) is 9.56. The van der Waals surface area contributed by atoms with Crippen LogP contribution in [0.1, 0.15) is 23.1 Å². The highest BCUT2D eigenvalue weighted by Crippen LogP contribution is 2.32. The molecule has 1 aromatic carbocycles. The molecule has 1 fully saturated rings. The van der Waals surface area contributed by atoms with E-state index < -0.39 is 0 Å². The van der Waals surface area contributed by atoms with Gasteiger partial charge in [0.05, 0.1) is 12.3 Å². The third-order valence-electron chi connectivity index (χ3n) is 4.21. The topological polar surface area (TPSA) is 88.3 Å². The molecule has 0 saturated carbocycles. The van der Waals surface area contributed by atoms with Crippen LogP contribution in [0.4, 0.5) is 11.7 Å². The maximum atomic E-state index is 12.3. The number of benzene rings is 1. The molecule has 2 amide bonds. The van der Waals surface area contributed by atoms with Gasteiger partial charge in [0.1, 0.15) is 0 Å². The molecule has 3 aromatic rings. The monoisotopic (exact) mass is 402 g/mol. The van der Waals surface area contributed by atoms with Crippen LogP contribution >= 0.6 is 22.9 Å². The minimum absolute atomic E-state index is 0.0243. The van der Waals surface area contributed by atoms with E-state index in [-0.39, 0.29) is 36.6 Å². The Labute approximate surface area is 164 Å². The lowest BCUT2D eigenvalue weighted by molar-refractivity contribution is -0.117. The number of thiophene rings is 1. The number of aromatic nitrogens is 2. The lowest BCUT2D eigenvalue weighted by Gasteiger charge is -2.15. The highest BCUT2D eigenvalue weighted by Gasteiger charge is 2.35. The minimum atomic E-state index is -0.224. The summed E-state index contributed by atoms with van der Waals surface area (Å²) in [6, 6.07) is 10.9. The molecule has 0 aliphatic carbocycles. The summed E-state index contributed by atoms with van der Waals surface area (Å²) in [5.74, 6) is -0.128. The molecule has 0 bridgehead atoms. The molecule has 1 atom stereocenters. The van der Waals surface area contributed by atoms with Crippen molar-refractivity contribution in [2.24, 2.45) is 0 Å². The van der Waals surface area contributed by atoms with Gasteiger partial charge in [0.2, 0.25) is 17.7 Å². The fourth-order valence-electron chi connectivity index (χ4n) is 2.93. The highest BCUT2D eigenvalue weighted by molar-refractivity contribution is 7.10. The van der Waals surface area contributed by atoms with Crippen molar-refractivity contribution in [1.82, 2.24) is 10.2 Å². The molecule has 1 unspecified atom stereocenters. The number of rotatable bonds is 5. The van der Waals surface area contributed by atoms with E-state index in [1.54, 1.807) is 29.2 Å². The van der Waals surface area contributed by atoms with Crippen LogP contribution in [-0.4, -0.2) is 28.6 Å². The molecule has 0 spiro atoms. The van der Waals surface area contributed by atoms with Gasteiger partial charge >= 0.3 is 6.01 Å². The number of carbonyl (C=O) groups excluding carboxylic acids is 2. The summed E-state index contributed by atoms with van der Waals surface area (Å²) in [4.78, 5) is 27.0. The fraction of sp³-hybridized carbons (Fsp3) is 0.222. The summed E-state index contributed by atoms with van der Waals surface area (Å²) in [5, 5.41) is 13.0. The summed E-state index contributed by atoms with van der Waals surface area (Å²) in [5.41, 5.74) is 0.774. The SMILES string of the molecule is O=C(Cc1cccs1)Nc1nnc(C2CC(=O)N(c3ccc(Cl)cc3)C2)o1. The molecule has 0 radical (unpaired) electrons. The number of carbonyl (C=O) groups is 2. The maximum Gasteiger partial charge on any atom is 0.322 e. The maximum absolute atomic E-state index is 12.3. The summed E-state index contributed by atoms with van der Waals surface area (Å²) in [7, 11) is 0. The Balaban J connectivity index is 1.40. The minimum Gasteiger partial charge on any atom is -0.407 e. The van der Waals surface area contributed by atoms with Crippen LogP contribution in [0.15, 0.2) is 46.2 Å². The molecular weight excluding hydrogens is 388 g/mol. The standard InChI is InChI=1S/C18H15ClN4O3S/c19-12-3-5-13(6-4-12)23-10-11(8-16(23)25)17-21-22-18(26-17)20-15(24)9-14-2-1-7-27-14/h1-7,11H,8-10H2,(H,20,22,24). The zero-order chi connectivity index (χ0) is 18.8. The zero-order valence-electron chi connectivity index (χ0n) is 14.1. The van der Waals surface area contributed by atoms with Crippen LogP contribution in [0.5, 0.6) is 0 Å². The second-order valence-corrected chi connectivity index (χ2v) is 7.60. The van der Waals surface area contributed by atoms with Gasteiger partial charge in [-0.25, -0.2) is 0 Å². The van der Waals surface area contributed by atoms with Crippen LogP contribution in [0.2, 0.25) is 5.02 Å². The summed E-state index contributed by atoms with van der Waals surface area (Å²) < 4.78 is 5.56. The Morgan fingerprint density at radius 2 is 2.11 bits per heavy atom. The molecule has 138 valence electrons. The smallest absolute Gasteiger partial charge is 0.322 e. The van der Waals surface area contributed by atoms with E-state index in [0.29, 0.717) is 17.5 Å². The van der Waals surface area contributed by atoms with E-state index in [1.165, 1.54) is 11.3 Å². The number of halogens is 1. The molecule has 27 heavy (non-hydrogen) atoms. The second kappa shape index (κ2) is 7.50. The molecule has 1 saturated heterocycles.